The minimum absolute atomic E-state index is 0.0644. The van der Waals surface area contributed by atoms with Crippen molar-refractivity contribution in [3.8, 4) is 0 Å². The summed E-state index contributed by atoms with van der Waals surface area (Å²) in [5, 5.41) is 26.9. The van der Waals surface area contributed by atoms with E-state index in [0.717, 1.165) is 0 Å². The normalized spacial score (nSPS) is 9.55. The Morgan fingerprint density at radius 1 is 1.05 bits per heavy atom. The van der Waals surface area contributed by atoms with Crippen LogP contribution in [-0.2, 0) is 14.4 Å². The SMILES string of the molecule is CC(=O)Nc1ccc(Br)cc1C(=O)O.O=C(O)/C=C\C(=O)O. The van der Waals surface area contributed by atoms with E-state index in [4.69, 9.17) is 15.3 Å². The Morgan fingerprint density at radius 3 is 1.91 bits per heavy atom. The summed E-state index contributed by atoms with van der Waals surface area (Å²) < 4.78 is 0.656. The average molecular weight is 374 g/mol. The predicted molar refractivity (Wildman–Crippen MR) is 79.8 cm³/mol. The van der Waals surface area contributed by atoms with E-state index in [-0.39, 0.29) is 11.5 Å². The van der Waals surface area contributed by atoms with E-state index in [0.29, 0.717) is 22.3 Å². The maximum atomic E-state index is 10.8. The highest BCUT2D eigenvalue weighted by Gasteiger charge is 2.10. The molecule has 0 aromatic heterocycles. The van der Waals surface area contributed by atoms with E-state index in [1.165, 1.54) is 19.1 Å². The zero-order chi connectivity index (χ0) is 17.3. The van der Waals surface area contributed by atoms with E-state index >= 15 is 0 Å². The first-order chi connectivity index (χ1) is 10.1. The fourth-order valence-electron chi connectivity index (χ4n) is 1.13. The van der Waals surface area contributed by atoms with Gasteiger partial charge in [0, 0.05) is 23.5 Å². The summed E-state index contributed by atoms with van der Waals surface area (Å²) in [6.45, 7) is 1.33. The smallest absolute Gasteiger partial charge is 0.337 e. The molecule has 0 saturated heterocycles. The van der Waals surface area contributed by atoms with Crippen molar-refractivity contribution in [2.24, 2.45) is 0 Å². The molecule has 0 atom stereocenters. The predicted octanol–water partition coefficient (Wildman–Crippen LogP) is 1.82. The molecule has 1 rings (SSSR count). The van der Waals surface area contributed by atoms with E-state index in [9.17, 15) is 19.2 Å². The summed E-state index contributed by atoms with van der Waals surface area (Å²) in [4.78, 5) is 40.6. The lowest BCUT2D eigenvalue weighted by molar-refractivity contribution is -0.134. The van der Waals surface area contributed by atoms with Gasteiger partial charge in [-0.15, -0.1) is 0 Å². The molecule has 0 spiro atoms. The van der Waals surface area contributed by atoms with Crippen LogP contribution in [0.5, 0.6) is 0 Å². The summed E-state index contributed by atoms with van der Waals surface area (Å²) >= 11 is 3.15. The van der Waals surface area contributed by atoms with Crippen molar-refractivity contribution in [3.05, 3.63) is 40.4 Å². The van der Waals surface area contributed by atoms with E-state index in [1.807, 2.05) is 0 Å². The molecule has 1 amide bonds. The van der Waals surface area contributed by atoms with Crippen LogP contribution in [0, 0.1) is 0 Å². The molecule has 0 radical (unpaired) electrons. The highest BCUT2D eigenvalue weighted by molar-refractivity contribution is 9.10. The van der Waals surface area contributed by atoms with Gasteiger partial charge < -0.3 is 20.6 Å². The van der Waals surface area contributed by atoms with Crippen LogP contribution in [-0.4, -0.2) is 39.1 Å². The second-order valence-electron chi connectivity index (χ2n) is 3.69. The third-order valence-corrected chi connectivity index (χ3v) is 2.38. The zero-order valence-corrected chi connectivity index (χ0v) is 12.8. The molecule has 0 unspecified atom stereocenters. The molecule has 118 valence electrons. The van der Waals surface area contributed by atoms with Crippen LogP contribution in [0.2, 0.25) is 0 Å². The number of halogens is 1. The molecule has 4 N–H and O–H groups in total. The third kappa shape index (κ3) is 8.48. The van der Waals surface area contributed by atoms with Crippen LogP contribution < -0.4 is 5.32 Å². The van der Waals surface area contributed by atoms with Gasteiger partial charge in [0.15, 0.2) is 0 Å². The minimum atomic E-state index is -1.26. The number of rotatable bonds is 4. The molecule has 1 aromatic carbocycles. The van der Waals surface area contributed by atoms with Gasteiger partial charge in [-0.1, -0.05) is 15.9 Å². The van der Waals surface area contributed by atoms with Gasteiger partial charge in [0.05, 0.1) is 11.3 Å². The van der Waals surface area contributed by atoms with Gasteiger partial charge in [-0.3, -0.25) is 4.79 Å². The average Bonchev–Trinajstić information content (AvgIpc) is 2.38. The zero-order valence-electron chi connectivity index (χ0n) is 11.2. The Bertz CT molecular complexity index is 609. The fraction of sp³-hybridized carbons (Fsp3) is 0.0769. The van der Waals surface area contributed by atoms with Gasteiger partial charge in [0.2, 0.25) is 5.91 Å². The van der Waals surface area contributed by atoms with Gasteiger partial charge in [0.1, 0.15) is 0 Å². The van der Waals surface area contributed by atoms with E-state index < -0.39 is 17.9 Å². The standard InChI is InChI=1S/C9H8BrNO3.C4H4O4/c1-5(12)11-8-3-2-6(10)4-7(8)9(13)14;5-3(6)1-2-4(7)8/h2-4H,1H3,(H,11,12)(H,13,14);1-2H,(H,5,6)(H,7,8)/b;2-1-. The molecule has 1 aromatic rings. The summed E-state index contributed by atoms with van der Waals surface area (Å²) in [5.41, 5.74) is 0.364. The van der Waals surface area contributed by atoms with Crippen molar-refractivity contribution < 1.29 is 34.5 Å². The van der Waals surface area contributed by atoms with Crippen molar-refractivity contribution in [3.63, 3.8) is 0 Å². The van der Waals surface area contributed by atoms with Gasteiger partial charge in [-0.25, -0.2) is 14.4 Å². The second kappa shape index (κ2) is 9.29. The first kappa shape index (κ1) is 19.3. The molecule has 0 heterocycles. The maximum Gasteiger partial charge on any atom is 0.337 e. The number of anilines is 1. The van der Waals surface area contributed by atoms with Crippen LogP contribution in [0.1, 0.15) is 17.3 Å². The van der Waals surface area contributed by atoms with Crippen LogP contribution >= 0.6 is 15.9 Å². The topological polar surface area (TPSA) is 141 Å². The van der Waals surface area contributed by atoms with Crippen molar-refractivity contribution in [2.45, 2.75) is 6.92 Å². The van der Waals surface area contributed by atoms with Gasteiger partial charge >= 0.3 is 17.9 Å². The number of nitrogens with one attached hydrogen (secondary N) is 1. The monoisotopic (exact) mass is 373 g/mol. The number of amides is 1. The van der Waals surface area contributed by atoms with Crippen molar-refractivity contribution in [1.82, 2.24) is 0 Å². The number of carbonyl (C=O) groups is 4. The largest absolute Gasteiger partial charge is 0.478 e. The van der Waals surface area contributed by atoms with Gasteiger partial charge in [0.25, 0.3) is 0 Å². The van der Waals surface area contributed by atoms with Crippen LogP contribution in [0.25, 0.3) is 0 Å². The van der Waals surface area contributed by atoms with E-state index in [1.54, 1.807) is 6.07 Å². The number of hydrogen-bond acceptors (Lipinski definition) is 4. The van der Waals surface area contributed by atoms with E-state index in [2.05, 4.69) is 21.2 Å². The highest BCUT2D eigenvalue weighted by Crippen LogP contribution is 2.20. The Hall–Kier alpha value is -2.68. The van der Waals surface area contributed by atoms with Crippen LogP contribution in [0.3, 0.4) is 0 Å². The fourth-order valence-corrected chi connectivity index (χ4v) is 1.50. The Morgan fingerprint density at radius 2 is 1.55 bits per heavy atom. The number of benzene rings is 1. The molecule has 0 aliphatic carbocycles. The van der Waals surface area contributed by atoms with Crippen molar-refractivity contribution in [2.75, 3.05) is 5.32 Å². The molecule has 22 heavy (non-hydrogen) atoms. The first-order valence-electron chi connectivity index (χ1n) is 5.58. The molecule has 0 aliphatic rings. The number of carbonyl (C=O) groups excluding carboxylic acids is 1. The number of aliphatic carboxylic acids is 2. The molecular formula is C13H12BrNO7. The number of hydrogen-bond donors (Lipinski definition) is 4. The minimum Gasteiger partial charge on any atom is -0.478 e. The molecule has 8 nitrogen and oxygen atoms in total. The molecule has 9 heteroatoms. The summed E-state index contributed by atoms with van der Waals surface area (Å²) in [5.74, 6) is -3.88. The lowest BCUT2D eigenvalue weighted by atomic mass is 10.2. The maximum absolute atomic E-state index is 10.8. The number of carboxylic acids is 3. The lowest BCUT2D eigenvalue weighted by Gasteiger charge is -2.06. The quantitative estimate of drug-likeness (QED) is 0.589. The third-order valence-electron chi connectivity index (χ3n) is 1.89. The first-order valence-corrected chi connectivity index (χ1v) is 6.37. The second-order valence-corrected chi connectivity index (χ2v) is 4.60. The Labute approximate surface area is 133 Å². The highest BCUT2D eigenvalue weighted by atomic mass is 79.9. The Kier molecular flexibility index (Phi) is 8.16. The van der Waals surface area contributed by atoms with Crippen molar-refractivity contribution in [1.29, 1.82) is 0 Å². The molecule has 0 saturated carbocycles. The van der Waals surface area contributed by atoms with Crippen LogP contribution in [0.4, 0.5) is 5.69 Å². The lowest BCUT2D eigenvalue weighted by Crippen LogP contribution is -2.10. The van der Waals surface area contributed by atoms with Gasteiger partial charge in [-0.2, -0.15) is 0 Å². The Balaban J connectivity index is 0.000000472. The summed E-state index contributed by atoms with van der Waals surface area (Å²) in [6, 6.07) is 4.64. The summed E-state index contributed by atoms with van der Waals surface area (Å²) in [6.07, 6.45) is 1.12. The summed E-state index contributed by atoms with van der Waals surface area (Å²) in [7, 11) is 0. The molecule has 0 fully saturated rings. The molecular weight excluding hydrogens is 362 g/mol. The number of carboxylic acid groups (broad SMARTS) is 3. The van der Waals surface area contributed by atoms with Crippen LogP contribution in [0.15, 0.2) is 34.8 Å². The molecule has 0 aliphatic heterocycles. The van der Waals surface area contributed by atoms with Crippen molar-refractivity contribution >= 4 is 45.4 Å². The molecule has 0 bridgehead atoms. The van der Waals surface area contributed by atoms with Gasteiger partial charge in [-0.05, 0) is 18.2 Å². The number of aromatic carboxylic acids is 1.